The second kappa shape index (κ2) is 4.56. The number of thiophene rings is 1. The summed E-state index contributed by atoms with van der Waals surface area (Å²) in [6.45, 7) is 2.72. The minimum Gasteiger partial charge on any atom is -0.334 e. The van der Waals surface area contributed by atoms with Crippen LogP contribution in [0.4, 0.5) is 0 Å². The number of rotatable bonds is 3. The van der Waals surface area contributed by atoms with E-state index in [0.717, 1.165) is 34.9 Å². The molecule has 0 saturated carbocycles. The molecule has 0 amide bonds. The van der Waals surface area contributed by atoms with Gasteiger partial charge in [0.25, 0.3) is 0 Å². The average Bonchev–Trinajstić information content (AvgIpc) is 3.16. The average molecular weight is 298 g/mol. The smallest absolute Gasteiger partial charge is 0.177 e. The maximum atomic E-state index is 4.69. The molecule has 0 aliphatic heterocycles. The molecule has 0 spiro atoms. The molecule has 4 heterocycles. The lowest BCUT2D eigenvalue weighted by molar-refractivity contribution is 0.712. The molecular weight excluding hydrogens is 284 g/mol. The van der Waals surface area contributed by atoms with Crippen molar-refractivity contribution in [3.8, 4) is 11.5 Å². The van der Waals surface area contributed by atoms with E-state index in [4.69, 9.17) is 0 Å². The number of aromatic nitrogens is 6. The van der Waals surface area contributed by atoms with Crippen molar-refractivity contribution in [2.24, 2.45) is 7.05 Å². The highest BCUT2D eigenvalue weighted by atomic mass is 32.1. The number of aryl methyl sites for hydroxylation is 2. The van der Waals surface area contributed by atoms with Crippen LogP contribution in [0.25, 0.3) is 22.7 Å². The molecule has 4 rings (SSSR count). The van der Waals surface area contributed by atoms with Gasteiger partial charge in [-0.15, -0.1) is 11.3 Å². The van der Waals surface area contributed by atoms with Crippen LogP contribution in [0.3, 0.4) is 0 Å². The molecule has 21 heavy (non-hydrogen) atoms. The van der Waals surface area contributed by atoms with Crippen LogP contribution in [0, 0.1) is 6.92 Å². The highest BCUT2D eigenvalue weighted by Gasteiger charge is 2.14. The first-order chi connectivity index (χ1) is 10.2. The number of hydrogen-bond donors (Lipinski definition) is 1. The second-order valence-electron chi connectivity index (χ2n) is 5.00. The molecule has 0 saturated heterocycles. The molecule has 0 fully saturated rings. The largest absolute Gasteiger partial charge is 0.334 e. The Kier molecular flexibility index (Phi) is 2.68. The van der Waals surface area contributed by atoms with E-state index in [1.165, 1.54) is 4.88 Å². The van der Waals surface area contributed by atoms with Crippen molar-refractivity contribution in [1.29, 1.82) is 0 Å². The van der Waals surface area contributed by atoms with Crippen LogP contribution in [0.5, 0.6) is 0 Å². The van der Waals surface area contributed by atoms with Gasteiger partial charge in [0.2, 0.25) is 0 Å². The summed E-state index contributed by atoms with van der Waals surface area (Å²) in [5, 5.41) is 10.8. The van der Waals surface area contributed by atoms with Gasteiger partial charge in [0.1, 0.15) is 11.2 Å². The number of hydrogen-bond acceptors (Lipinski definition) is 4. The third-order valence-electron chi connectivity index (χ3n) is 3.41. The third-order valence-corrected chi connectivity index (χ3v) is 4.27. The lowest BCUT2D eigenvalue weighted by Gasteiger charge is -1.99. The predicted octanol–water partition coefficient (Wildman–Crippen LogP) is 2.58. The Bertz CT molecular complexity index is 895. The van der Waals surface area contributed by atoms with Crippen LogP contribution in [0.2, 0.25) is 0 Å². The Morgan fingerprint density at radius 1 is 1.38 bits per heavy atom. The maximum absolute atomic E-state index is 4.69. The first-order valence-corrected chi connectivity index (χ1v) is 7.53. The quantitative estimate of drug-likeness (QED) is 0.632. The van der Waals surface area contributed by atoms with E-state index in [2.05, 4.69) is 37.7 Å². The molecule has 7 heteroatoms. The van der Waals surface area contributed by atoms with Crippen molar-refractivity contribution < 1.29 is 0 Å². The fourth-order valence-electron chi connectivity index (χ4n) is 2.47. The normalized spacial score (nSPS) is 11.5. The highest BCUT2D eigenvalue weighted by molar-refractivity contribution is 7.09. The molecule has 1 N–H and O–H groups in total. The standard InChI is InChI=1S/C14H14N6S/c1-9-6-12(19(2)18-9)13-16-11-7-15-20(14(11)17-13)8-10-4-3-5-21-10/h3-7H,8H2,1-2H3,(H,16,17). The molecule has 106 valence electrons. The van der Waals surface area contributed by atoms with Gasteiger partial charge in [-0.05, 0) is 24.4 Å². The fraction of sp³-hybridized carbons (Fsp3) is 0.214. The summed E-state index contributed by atoms with van der Waals surface area (Å²) in [4.78, 5) is 9.27. The molecule has 6 nitrogen and oxygen atoms in total. The Morgan fingerprint density at radius 3 is 3.00 bits per heavy atom. The van der Waals surface area contributed by atoms with E-state index in [1.807, 2.05) is 35.6 Å². The topological polar surface area (TPSA) is 64.3 Å². The Morgan fingerprint density at radius 2 is 2.29 bits per heavy atom. The summed E-state index contributed by atoms with van der Waals surface area (Å²) in [7, 11) is 1.92. The monoisotopic (exact) mass is 298 g/mol. The first kappa shape index (κ1) is 12.3. The van der Waals surface area contributed by atoms with Gasteiger partial charge in [0.15, 0.2) is 11.5 Å². The number of H-pyrrole nitrogens is 1. The van der Waals surface area contributed by atoms with Crippen LogP contribution >= 0.6 is 11.3 Å². The van der Waals surface area contributed by atoms with Crippen LogP contribution in [-0.4, -0.2) is 29.5 Å². The molecule has 4 aromatic rings. The number of nitrogens with zero attached hydrogens (tertiary/aromatic N) is 5. The van der Waals surface area contributed by atoms with E-state index >= 15 is 0 Å². The predicted molar refractivity (Wildman–Crippen MR) is 82.2 cm³/mol. The van der Waals surface area contributed by atoms with Crippen molar-refractivity contribution >= 4 is 22.5 Å². The van der Waals surface area contributed by atoms with E-state index in [9.17, 15) is 0 Å². The van der Waals surface area contributed by atoms with Gasteiger partial charge in [-0.3, -0.25) is 4.68 Å². The molecule has 0 aromatic carbocycles. The fourth-order valence-corrected chi connectivity index (χ4v) is 3.15. The number of nitrogens with one attached hydrogen (secondary N) is 1. The van der Waals surface area contributed by atoms with Gasteiger partial charge in [-0.1, -0.05) is 6.07 Å². The van der Waals surface area contributed by atoms with Crippen LogP contribution in [0.15, 0.2) is 29.8 Å². The highest BCUT2D eigenvalue weighted by Crippen LogP contribution is 2.21. The van der Waals surface area contributed by atoms with Gasteiger partial charge in [-0.2, -0.15) is 10.2 Å². The van der Waals surface area contributed by atoms with Crippen LogP contribution < -0.4 is 0 Å². The molecule has 0 unspecified atom stereocenters. The minimum absolute atomic E-state index is 0.746. The van der Waals surface area contributed by atoms with E-state index in [1.54, 1.807) is 11.3 Å². The number of fused-ring (bicyclic) bond motifs is 1. The summed E-state index contributed by atoms with van der Waals surface area (Å²) in [6.07, 6.45) is 1.82. The molecule has 0 aliphatic carbocycles. The molecule has 4 aromatic heterocycles. The lowest BCUT2D eigenvalue weighted by Crippen LogP contribution is -2.00. The summed E-state index contributed by atoms with van der Waals surface area (Å²) < 4.78 is 3.76. The Hall–Kier alpha value is -2.41. The lowest BCUT2D eigenvalue weighted by atomic mass is 10.3. The number of imidazole rings is 1. The van der Waals surface area contributed by atoms with Crippen LogP contribution in [0.1, 0.15) is 10.6 Å². The van der Waals surface area contributed by atoms with Crippen LogP contribution in [-0.2, 0) is 13.6 Å². The van der Waals surface area contributed by atoms with Gasteiger partial charge < -0.3 is 4.98 Å². The van der Waals surface area contributed by atoms with Gasteiger partial charge in [-0.25, -0.2) is 9.67 Å². The van der Waals surface area contributed by atoms with Crippen molar-refractivity contribution in [3.63, 3.8) is 0 Å². The number of aromatic amines is 1. The summed E-state index contributed by atoms with van der Waals surface area (Å²) in [6, 6.07) is 6.18. The maximum Gasteiger partial charge on any atom is 0.177 e. The van der Waals surface area contributed by atoms with Gasteiger partial charge in [0.05, 0.1) is 18.4 Å². The molecule has 0 bridgehead atoms. The second-order valence-corrected chi connectivity index (χ2v) is 6.03. The molecule has 0 aliphatic rings. The minimum atomic E-state index is 0.746. The Labute approximate surface area is 125 Å². The zero-order chi connectivity index (χ0) is 14.4. The van der Waals surface area contributed by atoms with Gasteiger partial charge in [0, 0.05) is 11.9 Å². The summed E-state index contributed by atoms with van der Waals surface area (Å²) >= 11 is 1.73. The van der Waals surface area contributed by atoms with Crippen molar-refractivity contribution in [2.45, 2.75) is 13.5 Å². The molecule has 0 atom stereocenters. The summed E-state index contributed by atoms with van der Waals surface area (Å²) in [5.41, 5.74) is 3.78. The first-order valence-electron chi connectivity index (χ1n) is 6.65. The zero-order valence-electron chi connectivity index (χ0n) is 11.7. The van der Waals surface area contributed by atoms with E-state index in [0.29, 0.717) is 0 Å². The summed E-state index contributed by atoms with van der Waals surface area (Å²) in [5.74, 6) is 0.824. The molecule has 0 radical (unpaired) electrons. The van der Waals surface area contributed by atoms with Gasteiger partial charge >= 0.3 is 0 Å². The van der Waals surface area contributed by atoms with E-state index < -0.39 is 0 Å². The van der Waals surface area contributed by atoms with E-state index in [-0.39, 0.29) is 0 Å². The zero-order valence-corrected chi connectivity index (χ0v) is 12.6. The molecular formula is C14H14N6S. The van der Waals surface area contributed by atoms with Crippen molar-refractivity contribution in [1.82, 2.24) is 29.5 Å². The third kappa shape index (κ3) is 2.06. The Balaban J connectivity index is 1.77. The SMILES string of the molecule is Cc1cc(-c2nc3c(cnn3Cc3cccs3)[nH]2)n(C)n1. The van der Waals surface area contributed by atoms with Crippen molar-refractivity contribution in [3.05, 3.63) is 40.3 Å². The van der Waals surface area contributed by atoms with Crippen molar-refractivity contribution in [2.75, 3.05) is 0 Å².